The molecule has 0 aliphatic heterocycles. The van der Waals surface area contributed by atoms with Crippen LogP contribution in [-0.2, 0) is 6.42 Å². The van der Waals surface area contributed by atoms with Gasteiger partial charge in [0.15, 0.2) is 5.43 Å². The molecule has 0 amide bonds. The van der Waals surface area contributed by atoms with E-state index in [-0.39, 0.29) is 5.43 Å². The summed E-state index contributed by atoms with van der Waals surface area (Å²) >= 11 is 0. The minimum atomic E-state index is 0.139. The zero-order valence-electron chi connectivity index (χ0n) is 11.3. The van der Waals surface area contributed by atoms with E-state index in [4.69, 9.17) is 4.42 Å². The number of rotatable bonds is 7. The maximum absolute atomic E-state index is 11.8. The Kier molecular flexibility index (Phi) is 6.03. The van der Waals surface area contributed by atoms with Gasteiger partial charge in [0, 0.05) is 11.6 Å². The quantitative estimate of drug-likeness (QED) is 0.665. The average molecular weight is 236 g/mol. The molecule has 0 aliphatic carbocycles. The van der Waals surface area contributed by atoms with Gasteiger partial charge in [-0.25, -0.2) is 0 Å². The zero-order chi connectivity index (χ0) is 12.7. The van der Waals surface area contributed by atoms with Crippen LogP contribution < -0.4 is 5.43 Å². The second-order valence-corrected chi connectivity index (χ2v) is 4.77. The molecule has 0 saturated carbocycles. The molecule has 96 valence electrons. The average Bonchev–Trinajstić information content (AvgIpc) is 2.26. The third-order valence-electron chi connectivity index (χ3n) is 3.15. The first-order chi connectivity index (χ1) is 8.15. The summed E-state index contributed by atoms with van der Waals surface area (Å²) < 4.78 is 5.48. The Labute approximate surface area is 104 Å². The summed E-state index contributed by atoms with van der Waals surface area (Å²) in [4.78, 5) is 11.8. The Balaban J connectivity index is 2.39. The molecule has 2 heteroatoms. The van der Waals surface area contributed by atoms with Crippen molar-refractivity contribution in [2.24, 2.45) is 0 Å². The van der Waals surface area contributed by atoms with Crippen LogP contribution in [0.15, 0.2) is 15.3 Å². The van der Waals surface area contributed by atoms with Crippen LogP contribution in [-0.4, -0.2) is 0 Å². The summed E-state index contributed by atoms with van der Waals surface area (Å²) in [6.45, 7) is 5.94. The van der Waals surface area contributed by atoms with Crippen molar-refractivity contribution in [2.75, 3.05) is 0 Å². The fourth-order valence-corrected chi connectivity index (χ4v) is 2.16. The lowest BCUT2D eigenvalue weighted by Crippen LogP contribution is -2.10. The highest BCUT2D eigenvalue weighted by molar-refractivity contribution is 5.18. The van der Waals surface area contributed by atoms with Gasteiger partial charge in [0.25, 0.3) is 0 Å². The molecule has 2 nitrogen and oxygen atoms in total. The van der Waals surface area contributed by atoms with E-state index in [1.54, 1.807) is 6.07 Å². The molecular weight excluding hydrogens is 212 g/mol. The highest BCUT2D eigenvalue weighted by Crippen LogP contribution is 2.11. The molecule has 0 N–H and O–H groups in total. The molecule has 17 heavy (non-hydrogen) atoms. The lowest BCUT2D eigenvalue weighted by Gasteiger charge is -2.05. The third kappa shape index (κ3) is 4.76. The van der Waals surface area contributed by atoms with Gasteiger partial charge in [-0.1, -0.05) is 39.0 Å². The zero-order valence-corrected chi connectivity index (χ0v) is 11.3. The Bertz CT molecular complexity index is 390. The topological polar surface area (TPSA) is 30.2 Å². The first kappa shape index (κ1) is 14.0. The summed E-state index contributed by atoms with van der Waals surface area (Å²) in [5, 5.41) is 0. The Morgan fingerprint density at radius 1 is 1.06 bits per heavy atom. The number of unbranched alkanes of at least 4 members (excludes halogenated alkanes) is 5. The summed E-state index contributed by atoms with van der Waals surface area (Å²) in [6, 6.07) is 1.60. The van der Waals surface area contributed by atoms with E-state index in [1.165, 1.54) is 32.1 Å². The monoisotopic (exact) mass is 236 g/mol. The fraction of sp³-hybridized carbons (Fsp3) is 0.667. The number of hydrogen-bond acceptors (Lipinski definition) is 2. The van der Waals surface area contributed by atoms with E-state index >= 15 is 0 Å². The first-order valence-electron chi connectivity index (χ1n) is 6.75. The van der Waals surface area contributed by atoms with Crippen LogP contribution in [0.1, 0.15) is 62.5 Å². The van der Waals surface area contributed by atoms with E-state index in [9.17, 15) is 4.79 Å². The first-order valence-corrected chi connectivity index (χ1v) is 6.75. The predicted octanol–water partition coefficient (Wildman–Crippen LogP) is 4.16. The Morgan fingerprint density at radius 2 is 1.71 bits per heavy atom. The van der Waals surface area contributed by atoms with Crippen LogP contribution in [0.2, 0.25) is 0 Å². The number of hydrogen-bond donors (Lipinski definition) is 0. The minimum Gasteiger partial charge on any atom is -0.466 e. The number of aryl methyl sites for hydroxylation is 2. The summed E-state index contributed by atoms with van der Waals surface area (Å²) in [5.41, 5.74) is 1.01. The molecule has 1 heterocycles. The van der Waals surface area contributed by atoms with Crippen molar-refractivity contribution in [3.8, 4) is 0 Å². The van der Waals surface area contributed by atoms with Gasteiger partial charge in [0.2, 0.25) is 0 Å². The van der Waals surface area contributed by atoms with Gasteiger partial charge in [0.1, 0.15) is 11.5 Å². The molecule has 0 unspecified atom stereocenters. The van der Waals surface area contributed by atoms with Gasteiger partial charge >= 0.3 is 0 Å². The summed E-state index contributed by atoms with van der Waals surface area (Å²) in [7, 11) is 0. The lowest BCUT2D eigenvalue weighted by molar-refractivity contribution is 0.473. The van der Waals surface area contributed by atoms with Crippen molar-refractivity contribution in [1.82, 2.24) is 0 Å². The van der Waals surface area contributed by atoms with Gasteiger partial charge in [-0.2, -0.15) is 0 Å². The molecule has 0 atom stereocenters. The van der Waals surface area contributed by atoms with Crippen molar-refractivity contribution in [3.05, 3.63) is 33.4 Å². The molecule has 0 radical (unpaired) electrons. The van der Waals surface area contributed by atoms with E-state index in [0.29, 0.717) is 5.76 Å². The van der Waals surface area contributed by atoms with Crippen LogP contribution in [0.25, 0.3) is 0 Å². The van der Waals surface area contributed by atoms with Crippen LogP contribution in [0, 0.1) is 13.8 Å². The standard InChI is InChI=1S/C15H24O2/c1-4-5-6-7-8-9-10-14-13(3)17-12(2)11-15(14)16/h11H,4-10H2,1-3H3. The highest BCUT2D eigenvalue weighted by atomic mass is 16.3. The molecule has 0 saturated heterocycles. The molecular formula is C15H24O2. The van der Waals surface area contributed by atoms with Gasteiger partial charge in [-0.3, -0.25) is 4.79 Å². The van der Waals surface area contributed by atoms with Gasteiger partial charge in [-0.15, -0.1) is 0 Å². The van der Waals surface area contributed by atoms with Crippen LogP contribution in [0.5, 0.6) is 0 Å². The minimum absolute atomic E-state index is 0.139. The molecule has 0 spiro atoms. The van der Waals surface area contributed by atoms with Crippen molar-refractivity contribution < 1.29 is 4.42 Å². The molecule has 1 rings (SSSR count). The highest BCUT2D eigenvalue weighted by Gasteiger charge is 2.06. The van der Waals surface area contributed by atoms with E-state index in [1.807, 2.05) is 13.8 Å². The van der Waals surface area contributed by atoms with E-state index in [2.05, 4.69) is 6.92 Å². The molecule has 0 aliphatic rings. The van der Waals surface area contributed by atoms with Crippen molar-refractivity contribution in [3.63, 3.8) is 0 Å². The largest absolute Gasteiger partial charge is 0.466 e. The second-order valence-electron chi connectivity index (χ2n) is 4.77. The Hall–Kier alpha value is -1.05. The third-order valence-corrected chi connectivity index (χ3v) is 3.15. The van der Waals surface area contributed by atoms with Crippen molar-refractivity contribution >= 4 is 0 Å². The lowest BCUT2D eigenvalue weighted by atomic mass is 10.0. The van der Waals surface area contributed by atoms with Crippen LogP contribution in [0.4, 0.5) is 0 Å². The maximum Gasteiger partial charge on any atom is 0.188 e. The maximum atomic E-state index is 11.8. The van der Waals surface area contributed by atoms with Gasteiger partial charge in [-0.05, 0) is 26.7 Å². The Morgan fingerprint density at radius 3 is 2.35 bits per heavy atom. The smallest absolute Gasteiger partial charge is 0.188 e. The molecule has 0 fully saturated rings. The predicted molar refractivity (Wildman–Crippen MR) is 71.5 cm³/mol. The van der Waals surface area contributed by atoms with Crippen molar-refractivity contribution in [2.45, 2.75) is 65.7 Å². The van der Waals surface area contributed by atoms with Crippen LogP contribution >= 0.6 is 0 Å². The normalized spacial score (nSPS) is 10.8. The SMILES string of the molecule is CCCCCCCCc1c(C)oc(C)cc1=O. The van der Waals surface area contributed by atoms with Gasteiger partial charge in [0.05, 0.1) is 0 Å². The van der Waals surface area contributed by atoms with E-state index in [0.717, 1.165) is 24.2 Å². The van der Waals surface area contributed by atoms with Gasteiger partial charge < -0.3 is 4.42 Å². The molecule has 0 bridgehead atoms. The molecule has 0 aromatic carbocycles. The van der Waals surface area contributed by atoms with E-state index < -0.39 is 0 Å². The molecule has 1 aromatic heterocycles. The fourth-order valence-electron chi connectivity index (χ4n) is 2.16. The summed E-state index contributed by atoms with van der Waals surface area (Å²) in [5.74, 6) is 1.50. The van der Waals surface area contributed by atoms with Crippen LogP contribution in [0.3, 0.4) is 0 Å². The second kappa shape index (κ2) is 7.31. The molecule has 1 aromatic rings. The summed E-state index contributed by atoms with van der Waals surface area (Å²) in [6.07, 6.45) is 8.38. The van der Waals surface area contributed by atoms with Crippen molar-refractivity contribution in [1.29, 1.82) is 0 Å².